The third kappa shape index (κ3) is 2.12. The van der Waals surface area contributed by atoms with Crippen LogP contribution in [0.25, 0.3) is 0 Å². The summed E-state index contributed by atoms with van der Waals surface area (Å²) in [6, 6.07) is 6.73. The van der Waals surface area contributed by atoms with Crippen molar-refractivity contribution in [1.29, 1.82) is 0 Å². The van der Waals surface area contributed by atoms with Gasteiger partial charge < -0.3 is 5.32 Å². The number of hydrogen-bond acceptors (Lipinski definition) is 2. The molecule has 14 heavy (non-hydrogen) atoms. The van der Waals surface area contributed by atoms with Gasteiger partial charge in [-0.05, 0) is 35.4 Å². The van der Waals surface area contributed by atoms with Crippen molar-refractivity contribution in [2.24, 2.45) is 0 Å². The monoisotopic (exact) mass is 207 g/mol. The van der Waals surface area contributed by atoms with Gasteiger partial charge in [0.05, 0.1) is 0 Å². The molecule has 2 rings (SSSR count). The number of fused-ring (bicyclic) bond motifs is 1. The third-order valence-corrected chi connectivity index (χ3v) is 3.62. The normalized spacial score (nSPS) is 15.2. The summed E-state index contributed by atoms with van der Waals surface area (Å²) in [6.45, 7) is 4.42. The average Bonchev–Trinajstić information content (AvgIpc) is 2.26. The molecule has 0 fully saturated rings. The largest absolute Gasteiger partial charge is 0.312 e. The molecule has 0 radical (unpaired) electrons. The van der Waals surface area contributed by atoms with Gasteiger partial charge in [-0.2, -0.15) is 11.8 Å². The van der Waals surface area contributed by atoms with Gasteiger partial charge in [0.2, 0.25) is 0 Å². The first-order valence-electron chi connectivity index (χ1n) is 5.30. The number of thioether (sulfide) groups is 1. The zero-order chi connectivity index (χ0) is 9.80. The fourth-order valence-corrected chi connectivity index (χ4v) is 2.65. The molecule has 1 heterocycles. The van der Waals surface area contributed by atoms with Gasteiger partial charge in [0.15, 0.2) is 0 Å². The smallest absolute Gasteiger partial charge is 0.0208 e. The van der Waals surface area contributed by atoms with Gasteiger partial charge in [-0.15, -0.1) is 0 Å². The molecule has 1 aliphatic heterocycles. The van der Waals surface area contributed by atoms with Crippen molar-refractivity contribution < 1.29 is 0 Å². The molecule has 0 bridgehead atoms. The van der Waals surface area contributed by atoms with Crippen LogP contribution in [0.2, 0.25) is 0 Å². The van der Waals surface area contributed by atoms with Crippen LogP contribution in [0.1, 0.15) is 23.6 Å². The Labute approximate surface area is 90.3 Å². The molecule has 1 aromatic carbocycles. The fourth-order valence-electron chi connectivity index (χ4n) is 1.96. The molecule has 2 heteroatoms. The molecule has 1 aliphatic rings. The quantitative estimate of drug-likeness (QED) is 0.817. The Morgan fingerprint density at radius 2 is 2.36 bits per heavy atom. The Morgan fingerprint density at radius 1 is 1.43 bits per heavy atom. The Hall–Kier alpha value is -0.470. The van der Waals surface area contributed by atoms with Crippen molar-refractivity contribution >= 4 is 11.8 Å². The summed E-state index contributed by atoms with van der Waals surface area (Å²) < 4.78 is 0. The second-order valence-electron chi connectivity index (χ2n) is 3.62. The van der Waals surface area contributed by atoms with Gasteiger partial charge in [-0.1, -0.05) is 25.1 Å². The first-order valence-corrected chi connectivity index (χ1v) is 6.45. The molecule has 76 valence electrons. The van der Waals surface area contributed by atoms with Crippen LogP contribution in [0.3, 0.4) is 0 Å². The standard InChI is InChI=1S/C12H17NS/c1-2-14-9-11-5-3-4-10-8-13-7-6-12(10)11/h3-5,13H,2,6-9H2,1H3. The number of nitrogens with one attached hydrogen (secondary N) is 1. The van der Waals surface area contributed by atoms with Crippen LogP contribution in [-0.4, -0.2) is 12.3 Å². The van der Waals surface area contributed by atoms with Gasteiger partial charge in [0, 0.05) is 12.3 Å². The van der Waals surface area contributed by atoms with Crippen LogP contribution in [0.5, 0.6) is 0 Å². The summed E-state index contributed by atoms with van der Waals surface area (Å²) in [5.74, 6) is 2.39. The van der Waals surface area contributed by atoms with E-state index in [0.29, 0.717) is 0 Å². The van der Waals surface area contributed by atoms with Crippen molar-refractivity contribution in [2.75, 3.05) is 12.3 Å². The summed E-state index contributed by atoms with van der Waals surface area (Å²) in [6.07, 6.45) is 1.20. The molecule has 0 unspecified atom stereocenters. The van der Waals surface area contributed by atoms with Crippen molar-refractivity contribution in [3.63, 3.8) is 0 Å². The summed E-state index contributed by atoms with van der Waals surface area (Å²) in [7, 11) is 0. The molecule has 1 nitrogen and oxygen atoms in total. The van der Waals surface area contributed by atoms with Crippen LogP contribution >= 0.6 is 11.8 Å². The van der Waals surface area contributed by atoms with Crippen LogP contribution < -0.4 is 5.32 Å². The van der Waals surface area contributed by atoms with E-state index in [4.69, 9.17) is 0 Å². The van der Waals surface area contributed by atoms with Crippen molar-refractivity contribution in [3.8, 4) is 0 Å². The highest BCUT2D eigenvalue weighted by Gasteiger charge is 2.11. The van der Waals surface area contributed by atoms with Gasteiger partial charge in [-0.3, -0.25) is 0 Å². The maximum atomic E-state index is 3.42. The summed E-state index contributed by atoms with van der Waals surface area (Å²) in [5.41, 5.74) is 4.66. The van der Waals surface area contributed by atoms with E-state index in [-0.39, 0.29) is 0 Å². The lowest BCUT2D eigenvalue weighted by molar-refractivity contribution is 0.641. The molecule has 0 atom stereocenters. The highest BCUT2D eigenvalue weighted by atomic mass is 32.2. The summed E-state index contributed by atoms with van der Waals surface area (Å²) >= 11 is 2.01. The number of hydrogen-bond donors (Lipinski definition) is 1. The van der Waals surface area contributed by atoms with E-state index in [1.54, 1.807) is 11.1 Å². The molecule has 1 aromatic rings. The fraction of sp³-hybridized carbons (Fsp3) is 0.500. The third-order valence-electron chi connectivity index (χ3n) is 2.70. The highest BCUT2D eigenvalue weighted by molar-refractivity contribution is 7.98. The Morgan fingerprint density at radius 3 is 3.21 bits per heavy atom. The zero-order valence-electron chi connectivity index (χ0n) is 8.68. The van der Waals surface area contributed by atoms with Crippen molar-refractivity contribution in [2.45, 2.75) is 25.6 Å². The molecule has 0 aromatic heterocycles. The number of rotatable bonds is 3. The molecular weight excluding hydrogens is 190 g/mol. The van der Waals surface area contributed by atoms with E-state index < -0.39 is 0 Å². The van der Waals surface area contributed by atoms with E-state index in [1.165, 1.54) is 23.5 Å². The molecule has 1 N–H and O–H groups in total. The first-order chi connectivity index (χ1) is 6.92. The van der Waals surface area contributed by atoms with Crippen LogP contribution in [-0.2, 0) is 18.7 Å². The summed E-state index contributed by atoms with van der Waals surface area (Å²) in [4.78, 5) is 0. The zero-order valence-corrected chi connectivity index (χ0v) is 9.49. The Bertz CT molecular complexity index is 309. The van der Waals surface area contributed by atoms with E-state index in [9.17, 15) is 0 Å². The molecule has 0 spiro atoms. The minimum atomic E-state index is 1.06. The number of benzene rings is 1. The molecule has 0 aliphatic carbocycles. The summed E-state index contributed by atoms with van der Waals surface area (Å²) in [5, 5.41) is 3.42. The lowest BCUT2D eigenvalue weighted by Crippen LogP contribution is -2.24. The molecule has 0 saturated carbocycles. The molecule has 0 saturated heterocycles. The van der Waals surface area contributed by atoms with Gasteiger partial charge in [0.1, 0.15) is 0 Å². The van der Waals surface area contributed by atoms with Crippen molar-refractivity contribution in [3.05, 3.63) is 34.9 Å². The maximum absolute atomic E-state index is 3.42. The first kappa shape index (κ1) is 10.1. The maximum Gasteiger partial charge on any atom is 0.0208 e. The van der Waals surface area contributed by atoms with Crippen LogP contribution in [0, 0.1) is 0 Å². The molecular formula is C12H17NS. The van der Waals surface area contributed by atoms with Gasteiger partial charge in [0.25, 0.3) is 0 Å². The lowest BCUT2D eigenvalue weighted by Gasteiger charge is -2.20. The van der Waals surface area contributed by atoms with Crippen molar-refractivity contribution in [1.82, 2.24) is 5.32 Å². The average molecular weight is 207 g/mol. The molecule has 0 amide bonds. The highest BCUT2D eigenvalue weighted by Crippen LogP contribution is 2.22. The minimum absolute atomic E-state index is 1.06. The van der Waals surface area contributed by atoms with E-state index in [1.807, 2.05) is 11.8 Å². The SMILES string of the molecule is CCSCc1cccc2c1CCNC2. The predicted molar refractivity (Wildman–Crippen MR) is 63.7 cm³/mol. The topological polar surface area (TPSA) is 12.0 Å². The van der Waals surface area contributed by atoms with E-state index in [2.05, 4.69) is 30.4 Å². The predicted octanol–water partition coefficient (Wildman–Crippen LogP) is 2.59. The van der Waals surface area contributed by atoms with E-state index in [0.717, 1.165) is 13.1 Å². The Kier molecular flexibility index (Phi) is 3.49. The van der Waals surface area contributed by atoms with Gasteiger partial charge >= 0.3 is 0 Å². The second-order valence-corrected chi connectivity index (χ2v) is 4.89. The minimum Gasteiger partial charge on any atom is -0.312 e. The second kappa shape index (κ2) is 4.85. The van der Waals surface area contributed by atoms with Crippen LogP contribution in [0.4, 0.5) is 0 Å². The van der Waals surface area contributed by atoms with Gasteiger partial charge in [-0.25, -0.2) is 0 Å². The Balaban J connectivity index is 2.21. The lowest BCUT2D eigenvalue weighted by atomic mass is 9.96. The van der Waals surface area contributed by atoms with E-state index >= 15 is 0 Å². The van der Waals surface area contributed by atoms with Crippen LogP contribution in [0.15, 0.2) is 18.2 Å².